The van der Waals surface area contributed by atoms with Crippen molar-refractivity contribution in [2.75, 3.05) is 18.4 Å². The van der Waals surface area contributed by atoms with Gasteiger partial charge < -0.3 is 25.4 Å². The summed E-state index contributed by atoms with van der Waals surface area (Å²) < 4.78 is 5.48. The molecule has 0 bridgehead atoms. The quantitative estimate of drug-likeness (QED) is 0.477. The largest absolute Gasteiger partial charge is 0.477 e. The van der Waals surface area contributed by atoms with Crippen molar-refractivity contribution in [2.24, 2.45) is 4.99 Å². The van der Waals surface area contributed by atoms with Crippen LogP contribution in [0.25, 0.3) is 0 Å². The molecule has 1 saturated heterocycles. The van der Waals surface area contributed by atoms with E-state index in [1.807, 2.05) is 32.4 Å². The number of rotatable bonds is 7. The Kier molecular flexibility index (Phi) is 8.47. The monoisotopic (exact) mass is 532 g/mol. The Balaban J connectivity index is 1.21. The topological polar surface area (TPSA) is 129 Å². The highest BCUT2D eigenvalue weighted by Crippen LogP contribution is 2.31. The van der Waals surface area contributed by atoms with Crippen LogP contribution in [-0.4, -0.2) is 75.2 Å². The highest BCUT2D eigenvalue weighted by molar-refractivity contribution is 7.99. The van der Waals surface area contributed by atoms with Crippen LogP contribution in [0.4, 0.5) is 9.93 Å². The predicted molar refractivity (Wildman–Crippen MR) is 140 cm³/mol. The molecule has 0 spiro atoms. The average Bonchev–Trinajstić information content (AvgIpc) is 3.26. The molecule has 12 heteroatoms. The number of likely N-dealkylation sites (tertiary alicyclic amines) is 1. The van der Waals surface area contributed by atoms with Crippen LogP contribution in [0.5, 0.6) is 0 Å². The molecule has 2 atom stereocenters. The van der Waals surface area contributed by atoms with Gasteiger partial charge in [-0.3, -0.25) is 4.99 Å². The minimum atomic E-state index is -1.05. The summed E-state index contributed by atoms with van der Waals surface area (Å²) in [7, 11) is 0. The van der Waals surface area contributed by atoms with Gasteiger partial charge in [0, 0.05) is 47.9 Å². The van der Waals surface area contributed by atoms with Gasteiger partial charge in [-0.1, -0.05) is 11.8 Å². The van der Waals surface area contributed by atoms with Gasteiger partial charge in [0.2, 0.25) is 0 Å². The molecule has 3 N–H and O–H groups in total. The van der Waals surface area contributed by atoms with Crippen molar-refractivity contribution in [1.82, 2.24) is 20.2 Å². The summed E-state index contributed by atoms with van der Waals surface area (Å²) in [6, 6.07) is 3.89. The number of carbonyl (C=O) groups excluding carboxylic acids is 1. The Bertz CT molecular complexity index is 1090. The summed E-state index contributed by atoms with van der Waals surface area (Å²) in [4.78, 5) is 39.1. The van der Waals surface area contributed by atoms with Crippen molar-refractivity contribution in [3.63, 3.8) is 0 Å². The van der Waals surface area contributed by atoms with Crippen LogP contribution in [-0.2, 0) is 4.74 Å². The lowest BCUT2D eigenvalue weighted by Gasteiger charge is -2.35. The number of hydrogen-bond acceptors (Lipinski definition) is 10. The van der Waals surface area contributed by atoms with Crippen LogP contribution in [0.2, 0.25) is 0 Å². The van der Waals surface area contributed by atoms with Crippen LogP contribution >= 0.6 is 23.1 Å². The van der Waals surface area contributed by atoms with E-state index in [4.69, 9.17) is 9.84 Å². The lowest BCUT2D eigenvalue weighted by molar-refractivity contribution is 0.0197. The fourth-order valence-corrected chi connectivity index (χ4v) is 5.71. The summed E-state index contributed by atoms with van der Waals surface area (Å²) >= 11 is 2.90. The number of aromatic carboxylic acids is 1. The van der Waals surface area contributed by atoms with Crippen LogP contribution in [0.3, 0.4) is 0 Å². The van der Waals surface area contributed by atoms with Gasteiger partial charge in [-0.2, -0.15) is 0 Å². The number of pyridine rings is 1. The predicted octanol–water partition coefficient (Wildman–Crippen LogP) is 4.35. The number of nitrogens with zero attached hydrogens (tertiary/aromatic N) is 4. The Hall–Kier alpha value is -2.70. The fourth-order valence-electron chi connectivity index (χ4n) is 4.02. The van der Waals surface area contributed by atoms with E-state index in [-0.39, 0.29) is 24.0 Å². The third-order valence-electron chi connectivity index (χ3n) is 5.74. The van der Waals surface area contributed by atoms with E-state index in [9.17, 15) is 9.59 Å². The second kappa shape index (κ2) is 11.6. The van der Waals surface area contributed by atoms with Crippen LogP contribution in [0, 0.1) is 0 Å². The first-order valence-electron chi connectivity index (χ1n) is 12.0. The number of piperidine rings is 1. The number of thiazole rings is 1. The molecule has 1 amide bonds. The molecule has 4 rings (SSSR count). The van der Waals surface area contributed by atoms with Gasteiger partial charge in [0.05, 0.1) is 0 Å². The molecule has 10 nitrogen and oxygen atoms in total. The molecule has 2 aromatic heterocycles. The zero-order valence-electron chi connectivity index (χ0n) is 20.6. The Morgan fingerprint density at radius 2 is 2.00 bits per heavy atom. The van der Waals surface area contributed by atoms with Crippen LogP contribution < -0.4 is 10.6 Å². The summed E-state index contributed by atoms with van der Waals surface area (Å²) in [6.45, 7) is 7.05. The van der Waals surface area contributed by atoms with Gasteiger partial charge in [-0.05, 0) is 58.6 Å². The summed E-state index contributed by atoms with van der Waals surface area (Å²) in [5, 5.41) is 19.7. The van der Waals surface area contributed by atoms with E-state index in [0.717, 1.165) is 40.7 Å². The number of carbonyl (C=O) groups is 2. The maximum Gasteiger partial charge on any atom is 0.410 e. The van der Waals surface area contributed by atoms with Gasteiger partial charge in [0.1, 0.15) is 22.5 Å². The van der Waals surface area contributed by atoms with Crippen LogP contribution in [0.15, 0.2) is 38.6 Å². The average molecular weight is 533 g/mol. The third kappa shape index (κ3) is 7.65. The maximum absolute atomic E-state index is 12.3. The number of hydrogen-bond donors (Lipinski definition) is 3. The number of ether oxygens (including phenoxy) is 1. The highest BCUT2D eigenvalue weighted by atomic mass is 32.2. The van der Waals surface area contributed by atoms with E-state index in [1.165, 1.54) is 29.3 Å². The van der Waals surface area contributed by atoms with Crippen molar-refractivity contribution >= 4 is 46.5 Å². The van der Waals surface area contributed by atoms with Crippen molar-refractivity contribution < 1.29 is 19.4 Å². The molecule has 0 aromatic carbocycles. The van der Waals surface area contributed by atoms with Crippen LogP contribution in [0.1, 0.15) is 56.9 Å². The lowest BCUT2D eigenvalue weighted by Crippen LogP contribution is -2.50. The summed E-state index contributed by atoms with van der Waals surface area (Å²) in [5.41, 5.74) is -0.457. The molecular weight excluding hydrogens is 500 g/mol. The van der Waals surface area contributed by atoms with Crippen molar-refractivity contribution in [2.45, 2.75) is 80.2 Å². The first-order valence-corrected chi connectivity index (χ1v) is 13.7. The Labute approximate surface area is 219 Å². The normalized spacial score (nSPS) is 20.8. The van der Waals surface area contributed by atoms with Crippen molar-refractivity contribution in [3.05, 3.63) is 29.4 Å². The standard InChI is InChI=1S/C24H32N6O4S2/c1-24(2,3)34-23(33)30-10-7-15(8-11-30)27-16-4-5-19(26-13-16)28-22-29-20(14-35-22)36-17-6-9-25-18(12-17)21(31)32/h6,9,12-16,19,27H,4-5,7-8,10-11H2,1-3H3,(H,28,29)(H,31,32). The van der Waals surface area contributed by atoms with Crippen molar-refractivity contribution in [1.29, 1.82) is 0 Å². The second-order valence-electron chi connectivity index (χ2n) is 9.83. The number of aromatic nitrogens is 2. The second-order valence-corrected chi connectivity index (χ2v) is 11.8. The van der Waals surface area contributed by atoms with Gasteiger partial charge in [-0.25, -0.2) is 19.6 Å². The van der Waals surface area contributed by atoms with E-state index in [2.05, 4.69) is 25.6 Å². The maximum atomic E-state index is 12.3. The van der Waals surface area contributed by atoms with Crippen molar-refractivity contribution in [3.8, 4) is 0 Å². The summed E-state index contributed by atoms with van der Waals surface area (Å²) in [5.74, 6) is -1.05. The molecule has 1 fully saturated rings. The fraction of sp³-hybridized carbons (Fsp3) is 0.542. The number of anilines is 1. The lowest BCUT2D eigenvalue weighted by atomic mass is 10.0. The molecule has 36 heavy (non-hydrogen) atoms. The molecule has 2 aliphatic rings. The zero-order valence-corrected chi connectivity index (χ0v) is 22.3. The third-order valence-corrected chi connectivity index (χ3v) is 7.57. The summed E-state index contributed by atoms with van der Waals surface area (Å²) in [6.07, 6.45) is 6.86. The molecule has 0 aliphatic carbocycles. The first-order chi connectivity index (χ1) is 17.1. The highest BCUT2D eigenvalue weighted by Gasteiger charge is 2.28. The molecule has 0 radical (unpaired) electrons. The van der Waals surface area contributed by atoms with E-state index < -0.39 is 11.6 Å². The molecule has 194 valence electrons. The molecule has 0 saturated carbocycles. The zero-order chi connectivity index (χ0) is 25.7. The van der Waals surface area contributed by atoms with Gasteiger partial charge in [0.25, 0.3) is 0 Å². The smallest absolute Gasteiger partial charge is 0.410 e. The molecule has 2 aliphatic heterocycles. The van der Waals surface area contributed by atoms with E-state index >= 15 is 0 Å². The van der Waals surface area contributed by atoms with E-state index in [0.29, 0.717) is 19.1 Å². The number of aliphatic imine (C=N–C) groups is 1. The van der Waals surface area contributed by atoms with Gasteiger partial charge in [0.15, 0.2) is 5.13 Å². The number of nitrogens with one attached hydrogen (secondary N) is 2. The molecule has 2 aromatic rings. The SMILES string of the molecule is CC(C)(C)OC(=O)N1CCC(NC2C=NC(Nc3nc(Sc4ccnc(C(=O)O)c4)cs3)CC2)CC1. The van der Waals surface area contributed by atoms with Gasteiger partial charge in [-0.15, -0.1) is 11.3 Å². The number of carboxylic acid groups (broad SMARTS) is 1. The van der Waals surface area contributed by atoms with Gasteiger partial charge >= 0.3 is 12.1 Å². The first kappa shape index (κ1) is 26.4. The minimum Gasteiger partial charge on any atom is -0.477 e. The number of amides is 1. The molecule has 2 unspecified atom stereocenters. The number of carboxylic acids is 1. The molecule has 4 heterocycles. The molecular formula is C24H32N6O4S2. The Morgan fingerprint density at radius 1 is 1.22 bits per heavy atom. The Morgan fingerprint density at radius 3 is 2.67 bits per heavy atom. The van der Waals surface area contributed by atoms with E-state index in [1.54, 1.807) is 17.0 Å². The minimum absolute atomic E-state index is 0.0156.